The molecule has 0 radical (unpaired) electrons. The minimum absolute atomic E-state index is 0.0864. The molecule has 2 aliphatic heterocycles. The number of hydrogen-bond donors (Lipinski definition) is 2. The summed E-state index contributed by atoms with van der Waals surface area (Å²) in [5, 5.41) is 9.21. The van der Waals surface area contributed by atoms with E-state index in [-0.39, 0.29) is 11.3 Å². The summed E-state index contributed by atoms with van der Waals surface area (Å²) >= 11 is 0. The van der Waals surface area contributed by atoms with Crippen LogP contribution in [0.25, 0.3) is 0 Å². The second-order valence-corrected chi connectivity index (χ2v) is 4.59. The fraction of sp³-hybridized carbons (Fsp3) is 0.900. The Morgan fingerprint density at radius 2 is 2.33 bits per heavy atom. The van der Waals surface area contributed by atoms with Crippen molar-refractivity contribution in [3.8, 4) is 0 Å². The van der Waals surface area contributed by atoms with Gasteiger partial charge in [-0.2, -0.15) is 0 Å². The Morgan fingerprint density at radius 1 is 1.60 bits per heavy atom. The van der Waals surface area contributed by atoms with Crippen LogP contribution in [0.5, 0.6) is 0 Å². The van der Waals surface area contributed by atoms with Crippen molar-refractivity contribution >= 4 is 5.97 Å². The number of carboxylic acid groups (broad SMARTS) is 1. The average molecular weight is 214 g/mol. The van der Waals surface area contributed by atoms with Gasteiger partial charge in [0.1, 0.15) is 0 Å². The van der Waals surface area contributed by atoms with Gasteiger partial charge in [0.05, 0.1) is 19.1 Å². The van der Waals surface area contributed by atoms with E-state index in [1.807, 2.05) is 0 Å². The molecule has 0 bridgehead atoms. The fourth-order valence-corrected chi connectivity index (χ4v) is 2.53. The van der Waals surface area contributed by atoms with Crippen molar-refractivity contribution in [2.75, 3.05) is 39.4 Å². The molecule has 1 unspecified atom stereocenters. The third kappa shape index (κ3) is 1.87. The number of likely N-dealkylation sites (tertiary alicyclic amines) is 1. The molecule has 5 heteroatoms. The van der Waals surface area contributed by atoms with E-state index in [4.69, 9.17) is 10.5 Å². The highest BCUT2D eigenvalue weighted by molar-refractivity contribution is 5.71. The van der Waals surface area contributed by atoms with Gasteiger partial charge in [-0.1, -0.05) is 0 Å². The minimum Gasteiger partial charge on any atom is -0.481 e. The molecule has 2 fully saturated rings. The van der Waals surface area contributed by atoms with Gasteiger partial charge < -0.3 is 20.5 Å². The highest BCUT2D eigenvalue weighted by Gasteiger charge is 2.51. The second kappa shape index (κ2) is 4.08. The molecule has 0 saturated carbocycles. The number of ether oxygens (including phenoxy) is 1. The zero-order valence-electron chi connectivity index (χ0n) is 8.82. The van der Waals surface area contributed by atoms with Crippen LogP contribution >= 0.6 is 0 Å². The Morgan fingerprint density at radius 3 is 2.80 bits per heavy atom. The van der Waals surface area contributed by atoms with E-state index in [0.29, 0.717) is 26.3 Å². The summed E-state index contributed by atoms with van der Waals surface area (Å²) in [4.78, 5) is 13.3. The average Bonchev–Trinajstić information content (AvgIpc) is 2.15. The Bertz CT molecular complexity index is 253. The zero-order valence-corrected chi connectivity index (χ0v) is 8.82. The van der Waals surface area contributed by atoms with E-state index < -0.39 is 5.97 Å². The highest BCUT2D eigenvalue weighted by Crippen LogP contribution is 2.42. The highest BCUT2D eigenvalue weighted by atomic mass is 16.5. The number of aliphatic carboxylic acids is 1. The third-order valence-electron chi connectivity index (χ3n) is 3.63. The Kier molecular flexibility index (Phi) is 2.95. The van der Waals surface area contributed by atoms with Crippen molar-refractivity contribution in [1.82, 2.24) is 4.90 Å². The first-order chi connectivity index (χ1) is 7.18. The molecule has 1 spiro atoms. The van der Waals surface area contributed by atoms with Gasteiger partial charge in [-0.3, -0.25) is 4.79 Å². The SMILES string of the molecule is NCCN1CCC2(COC2)C(C(=O)O)C1. The molecule has 2 aliphatic rings. The molecule has 2 rings (SSSR count). The minimum atomic E-state index is -0.694. The molecule has 86 valence electrons. The lowest BCUT2D eigenvalue weighted by atomic mass is 9.68. The third-order valence-corrected chi connectivity index (χ3v) is 3.63. The van der Waals surface area contributed by atoms with Crippen LogP contribution < -0.4 is 5.73 Å². The number of carboxylic acids is 1. The van der Waals surface area contributed by atoms with Crippen LogP contribution in [-0.2, 0) is 9.53 Å². The molecule has 2 saturated heterocycles. The smallest absolute Gasteiger partial charge is 0.308 e. The number of hydrogen-bond acceptors (Lipinski definition) is 4. The van der Waals surface area contributed by atoms with Gasteiger partial charge in [0, 0.05) is 25.0 Å². The van der Waals surface area contributed by atoms with Crippen molar-refractivity contribution in [1.29, 1.82) is 0 Å². The lowest BCUT2D eigenvalue weighted by Crippen LogP contribution is -2.59. The second-order valence-electron chi connectivity index (χ2n) is 4.59. The van der Waals surface area contributed by atoms with Gasteiger partial charge in [-0.05, 0) is 13.0 Å². The van der Waals surface area contributed by atoms with E-state index in [1.165, 1.54) is 0 Å². The molecule has 0 aromatic carbocycles. The molecule has 0 aromatic heterocycles. The molecule has 15 heavy (non-hydrogen) atoms. The van der Waals surface area contributed by atoms with Crippen LogP contribution in [0.1, 0.15) is 6.42 Å². The van der Waals surface area contributed by atoms with Crippen LogP contribution in [0.3, 0.4) is 0 Å². The monoisotopic (exact) mass is 214 g/mol. The molecular formula is C10H18N2O3. The molecule has 0 aromatic rings. The summed E-state index contributed by atoms with van der Waals surface area (Å²) in [7, 11) is 0. The Hall–Kier alpha value is -0.650. The molecule has 5 nitrogen and oxygen atoms in total. The van der Waals surface area contributed by atoms with E-state index in [0.717, 1.165) is 19.5 Å². The molecular weight excluding hydrogens is 196 g/mol. The number of nitrogens with zero attached hydrogens (tertiary/aromatic N) is 1. The van der Waals surface area contributed by atoms with Gasteiger partial charge in [-0.25, -0.2) is 0 Å². The molecule has 3 N–H and O–H groups in total. The summed E-state index contributed by atoms with van der Waals surface area (Å²) in [6, 6.07) is 0. The first-order valence-electron chi connectivity index (χ1n) is 5.41. The lowest BCUT2D eigenvalue weighted by molar-refractivity contribution is -0.190. The van der Waals surface area contributed by atoms with Crippen LogP contribution in [-0.4, -0.2) is 55.4 Å². The van der Waals surface area contributed by atoms with Crippen LogP contribution in [0.2, 0.25) is 0 Å². The summed E-state index contributed by atoms with van der Waals surface area (Å²) in [5.74, 6) is -0.980. The number of carbonyl (C=O) groups is 1. The molecule has 1 atom stereocenters. The number of rotatable bonds is 3. The quantitative estimate of drug-likeness (QED) is 0.654. The van der Waals surface area contributed by atoms with Gasteiger partial charge in [0.2, 0.25) is 0 Å². The normalized spacial score (nSPS) is 30.1. The summed E-state index contributed by atoms with van der Waals surface area (Å²) in [5.41, 5.74) is 5.39. The number of nitrogens with two attached hydrogens (primary N) is 1. The maximum atomic E-state index is 11.2. The van der Waals surface area contributed by atoms with E-state index in [9.17, 15) is 9.90 Å². The standard InChI is InChI=1S/C10H18N2O3/c11-2-4-12-3-1-10(6-15-7-10)8(5-12)9(13)14/h8H,1-7,11H2,(H,13,14). The van der Waals surface area contributed by atoms with E-state index >= 15 is 0 Å². The fourth-order valence-electron chi connectivity index (χ4n) is 2.53. The van der Waals surface area contributed by atoms with Gasteiger partial charge in [0.25, 0.3) is 0 Å². The first kappa shape index (κ1) is 10.9. The predicted octanol–water partition coefficient (Wildman–Crippen LogP) is -0.632. The Balaban J connectivity index is 2.02. The van der Waals surface area contributed by atoms with Crippen molar-refractivity contribution in [2.45, 2.75) is 6.42 Å². The zero-order chi connectivity index (χ0) is 10.9. The maximum Gasteiger partial charge on any atom is 0.308 e. The molecule has 0 aliphatic carbocycles. The largest absolute Gasteiger partial charge is 0.481 e. The van der Waals surface area contributed by atoms with E-state index in [2.05, 4.69) is 4.90 Å². The van der Waals surface area contributed by atoms with Crippen LogP contribution in [0, 0.1) is 11.3 Å². The van der Waals surface area contributed by atoms with Gasteiger partial charge in [-0.15, -0.1) is 0 Å². The molecule has 0 amide bonds. The first-order valence-corrected chi connectivity index (χ1v) is 5.41. The van der Waals surface area contributed by atoms with Crippen LogP contribution in [0.4, 0.5) is 0 Å². The molecule has 2 heterocycles. The van der Waals surface area contributed by atoms with Crippen LogP contribution in [0.15, 0.2) is 0 Å². The van der Waals surface area contributed by atoms with Crippen molar-refractivity contribution in [3.63, 3.8) is 0 Å². The van der Waals surface area contributed by atoms with Gasteiger partial charge in [0.15, 0.2) is 0 Å². The summed E-state index contributed by atoms with van der Waals surface area (Å²) in [6.45, 7) is 4.18. The van der Waals surface area contributed by atoms with Crippen molar-refractivity contribution in [2.24, 2.45) is 17.1 Å². The van der Waals surface area contributed by atoms with E-state index in [1.54, 1.807) is 0 Å². The van der Waals surface area contributed by atoms with Crippen molar-refractivity contribution in [3.05, 3.63) is 0 Å². The summed E-state index contributed by atoms with van der Waals surface area (Å²) in [6.07, 6.45) is 0.921. The summed E-state index contributed by atoms with van der Waals surface area (Å²) < 4.78 is 5.18. The topological polar surface area (TPSA) is 75.8 Å². The Labute approximate surface area is 89.2 Å². The predicted molar refractivity (Wildman–Crippen MR) is 54.5 cm³/mol. The van der Waals surface area contributed by atoms with Crippen molar-refractivity contribution < 1.29 is 14.6 Å². The maximum absolute atomic E-state index is 11.2. The van der Waals surface area contributed by atoms with Gasteiger partial charge >= 0.3 is 5.97 Å². The lowest BCUT2D eigenvalue weighted by Gasteiger charge is -2.50. The number of piperidine rings is 1.